The highest BCUT2D eigenvalue weighted by Gasteiger charge is 2.24. The third kappa shape index (κ3) is 3.63. The molecule has 0 unspecified atom stereocenters. The molecular formula is C21H20N6O2S. The molecule has 1 aliphatic heterocycles. The molecule has 30 heavy (non-hydrogen) atoms. The number of carbonyl (C=O) groups is 1. The van der Waals surface area contributed by atoms with Gasteiger partial charge in [-0.2, -0.15) is 5.10 Å². The first kappa shape index (κ1) is 18.7. The third-order valence-corrected chi connectivity index (χ3v) is 6.29. The molecule has 8 nitrogen and oxygen atoms in total. The summed E-state index contributed by atoms with van der Waals surface area (Å²) in [6, 6.07) is 10.7. The molecule has 1 amide bonds. The SMILES string of the molecule is O=C(c1ccc2ncsc2c1)N1CCC(Cn2nc(-n3cccn3)ccc2=O)CC1. The van der Waals surface area contributed by atoms with Crippen molar-refractivity contribution in [1.29, 1.82) is 0 Å². The van der Waals surface area contributed by atoms with Gasteiger partial charge in [0.25, 0.3) is 11.5 Å². The van der Waals surface area contributed by atoms with Gasteiger partial charge in [-0.25, -0.2) is 14.3 Å². The Kier molecular flexibility index (Phi) is 4.88. The number of rotatable bonds is 4. The first-order valence-electron chi connectivity index (χ1n) is 9.88. The van der Waals surface area contributed by atoms with Crippen molar-refractivity contribution in [3.8, 4) is 5.82 Å². The Morgan fingerprint density at radius 2 is 2.03 bits per heavy atom. The van der Waals surface area contributed by atoms with Gasteiger partial charge in [0.1, 0.15) is 0 Å². The number of hydrogen-bond donors (Lipinski definition) is 0. The summed E-state index contributed by atoms with van der Waals surface area (Å²) in [6.07, 6.45) is 5.16. The van der Waals surface area contributed by atoms with E-state index in [4.69, 9.17) is 0 Å². The normalized spacial score (nSPS) is 15.0. The van der Waals surface area contributed by atoms with Crippen LogP contribution in [0, 0.1) is 5.92 Å². The Hall–Kier alpha value is -3.33. The fourth-order valence-corrected chi connectivity index (χ4v) is 4.55. The molecule has 3 aromatic heterocycles. The summed E-state index contributed by atoms with van der Waals surface area (Å²) in [6.45, 7) is 1.90. The van der Waals surface area contributed by atoms with Gasteiger partial charge in [-0.05, 0) is 49.1 Å². The minimum Gasteiger partial charge on any atom is -0.339 e. The van der Waals surface area contributed by atoms with E-state index in [0.29, 0.717) is 36.9 Å². The van der Waals surface area contributed by atoms with Gasteiger partial charge in [0.15, 0.2) is 5.82 Å². The Morgan fingerprint density at radius 1 is 1.17 bits per heavy atom. The molecule has 0 saturated carbocycles. The minimum atomic E-state index is -0.123. The lowest BCUT2D eigenvalue weighted by atomic mass is 9.96. The Morgan fingerprint density at radius 3 is 2.83 bits per heavy atom. The minimum absolute atomic E-state index is 0.0553. The molecule has 4 aromatic rings. The van der Waals surface area contributed by atoms with Gasteiger partial charge in [-0.1, -0.05) is 0 Å². The van der Waals surface area contributed by atoms with E-state index in [9.17, 15) is 9.59 Å². The first-order chi connectivity index (χ1) is 14.7. The molecule has 0 bridgehead atoms. The highest BCUT2D eigenvalue weighted by molar-refractivity contribution is 7.16. The highest BCUT2D eigenvalue weighted by atomic mass is 32.1. The summed E-state index contributed by atoms with van der Waals surface area (Å²) in [4.78, 5) is 31.3. The quantitative estimate of drug-likeness (QED) is 0.507. The maximum Gasteiger partial charge on any atom is 0.266 e. The maximum absolute atomic E-state index is 12.9. The standard InChI is InChI=1S/C21H20N6O2S/c28-20-5-4-19(26-9-1-8-23-26)24-27(20)13-15-6-10-25(11-7-15)21(29)16-2-3-17-18(12-16)30-14-22-17/h1-5,8-9,12,14-15H,6-7,10-11,13H2. The second-order valence-corrected chi connectivity index (χ2v) is 8.32. The van der Waals surface area contributed by atoms with Crippen LogP contribution in [0.1, 0.15) is 23.2 Å². The second kappa shape index (κ2) is 7.83. The number of nitrogens with zero attached hydrogens (tertiary/aromatic N) is 6. The van der Waals surface area contributed by atoms with E-state index < -0.39 is 0 Å². The van der Waals surface area contributed by atoms with Crippen LogP contribution in [0.25, 0.3) is 16.0 Å². The third-order valence-electron chi connectivity index (χ3n) is 5.50. The van der Waals surface area contributed by atoms with E-state index in [1.54, 1.807) is 40.0 Å². The van der Waals surface area contributed by atoms with Gasteiger partial charge in [-0.15, -0.1) is 16.4 Å². The molecule has 152 valence electrons. The molecule has 0 spiro atoms. The van der Waals surface area contributed by atoms with Crippen molar-refractivity contribution >= 4 is 27.5 Å². The van der Waals surface area contributed by atoms with E-state index in [1.165, 1.54) is 10.7 Å². The first-order valence-corrected chi connectivity index (χ1v) is 10.8. The number of piperidine rings is 1. The molecule has 9 heteroatoms. The van der Waals surface area contributed by atoms with Crippen LogP contribution in [0.5, 0.6) is 0 Å². The second-order valence-electron chi connectivity index (χ2n) is 7.43. The van der Waals surface area contributed by atoms with Gasteiger partial charge in [0.2, 0.25) is 0 Å². The molecule has 5 rings (SSSR count). The molecule has 0 N–H and O–H groups in total. The number of benzene rings is 1. The predicted octanol–water partition coefficient (Wildman–Crippen LogP) is 2.59. The van der Waals surface area contributed by atoms with E-state index in [2.05, 4.69) is 15.2 Å². The Bertz CT molecular complexity index is 1240. The molecule has 1 fully saturated rings. The smallest absolute Gasteiger partial charge is 0.266 e. The average molecular weight is 420 g/mol. The van der Waals surface area contributed by atoms with Gasteiger partial charge in [0, 0.05) is 43.7 Å². The van der Waals surface area contributed by atoms with Crippen molar-refractivity contribution in [2.24, 2.45) is 5.92 Å². The van der Waals surface area contributed by atoms with Crippen LogP contribution in [0.3, 0.4) is 0 Å². The van der Waals surface area contributed by atoms with Gasteiger partial charge < -0.3 is 4.90 Å². The molecule has 4 heterocycles. The van der Waals surface area contributed by atoms with Crippen LogP contribution in [-0.2, 0) is 6.54 Å². The topological polar surface area (TPSA) is 85.9 Å². The van der Waals surface area contributed by atoms with Crippen molar-refractivity contribution in [2.75, 3.05) is 13.1 Å². The number of carbonyl (C=O) groups excluding carboxylic acids is 1. The van der Waals surface area contributed by atoms with E-state index in [-0.39, 0.29) is 11.5 Å². The highest BCUT2D eigenvalue weighted by Crippen LogP contribution is 2.23. The molecule has 1 saturated heterocycles. The van der Waals surface area contributed by atoms with Crippen LogP contribution < -0.4 is 5.56 Å². The monoisotopic (exact) mass is 420 g/mol. The number of fused-ring (bicyclic) bond motifs is 1. The zero-order chi connectivity index (χ0) is 20.5. The summed E-state index contributed by atoms with van der Waals surface area (Å²) in [5, 5.41) is 8.62. The lowest BCUT2D eigenvalue weighted by Gasteiger charge is -2.32. The lowest BCUT2D eigenvalue weighted by molar-refractivity contribution is 0.0680. The largest absolute Gasteiger partial charge is 0.339 e. The lowest BCUT2D eigenvalue weighted by Crippen LogP contribution is -2.40. The van der Waals surface area contributed by atoms with Gasteiger partial charge in [-0.3, -0.25) is 9.59 Å². The number of thiazole rings is 1. The molecule has 0 aliphatic carbocycles. The summed E-state index contributed by atoms with van der Waals surface area (Å²) in [5.41, 5.74) is 3.30. The fourth-order valence-electron chi connectivity index (χ4n) is 3.83. The summed E-state index contributed by atoms with van der Waals surface area (Å²) >= 11 is 1.54. The van der Waals surface area contributed by atoms with Crippen LogP contribution in [0.4, 0.5) is 0 Å². The van der Waals surface area contributed by atoms with E-state index in [0.717, 1.165) is 23.1 Å². The summed E-state index contributed by atoms with van der Waals surface area (Å²) < 4.78 is 4.17. The predicted molar refractivity (Wildman–Crippen MR) is 114 cm³/mol. The van der Waals surface area contributed by atoms with Crippen LogP contribution in [-0.4, -0.2) is 48.4 Å². The zero-order valence-corrected chi connectivity index (χ0v) is 17.0. The number of likely N-dealkylation sites (tertiary alicyclic amines) is 1. The van der Waals surface area contributed by atoms with Crippen molar-refractivity contribution in [3.63, 3.8) is 0 Å². The molecule has 1 aromatic carbocycles. The van der Waals surface area contributed by atoms with Gasteiger partial charge in [0.05, 0.1) is 15.7 Å². The summed E-state index contributed by atoms with van der Waals surface area (Å²) in [5.74, 6) is 0.974. The number of amides is 1. The van der Waals surface area contributed by atoms with Crippen LogP contribution >= 0.6 is 11.3 Å². The molecular weight excluding hydrogens is 400 g/mol. The van der Waals surface area contributed by atoms with Crippen LogP contribution in [0.2, 0.25) is 0 Å². The molecule has 0 radical (unpaired) electrons. The van der Waals surface area contributed by atoms with E-state index >= 15 is 0 Å². The maximum atomic E-state index is 12.9. The van der Waals surface area contributed by atoms with Gasteiger partial charge >= 0.3 is 0 Å². The fraction of sp³-hybridized carbons (Fsp3) is 0.286. The van der Waals surface area contributed by atoms with E-state index in [1.807, 2.05) is 29.2 Å². The number of aromatic nitrogens is 5. The van der Waals surface area contributed by atoms with Crippen molar-refractivity contribution < 1.29 is 4.79 Å². The Balaban J connectivity index is 1.24. The summed E-state index contributed by atoms with van der Waals surface area (Å²) in [7, 11) is 0. The molecule has 1 aliphatic rings. The molecule has 0 atom stereocenters. The van der Waals surface area contributed by atoms with Crippen molar-refractivity contribution in [2.45, 2.75) is 19.4 Å². The van der Waals surface area contributed by atoms with Crippen molar-refractivity contribution in [1.82, 2.24) is 29.4 Å². The zero-order valence-electron chi connectivity index (χ0n) is 16.2. The number of hydrogen-bond acceptors (Lipinski definition) is 6. The average Bonchev–Trinajstić information content (AvgIpc) is 3.47. The van der Waals surface area contributed by atoms with Crippen LogP contribution in [0.15, 0.2) is 59.1 Å². The Labute approximate surface area is 176 Å². The van der Waals surface area contributed by atoms with Crippen molar-refractivity contribution in [3.05, 3.63) is 70.2 Å².